The average Bonchev–Trinajstić information content (AvgIpc) is 2.83. The summed E-state index contributed by atoms with van der Waals surface area (Å²) in [4.78, 5) is 30.9. The predicted molar refractivity (Wildman–Crippen MR) is 133 cm³/mol. The molecule has 0 spiro atoms. The smallest absolute Gasteiger partial charge is 0.262 e. The Morgan fingerprint density at radius 2 is 1.76 bits per heavy atom. The fraction of sp³-hybridized carbons (Fsp3) is 0.192. The molecule has 0 aliphatic heterocycles. The second-order valence-electron chi connectivity index (χ2n) is 7.77. The van der Waals surface area contributed by atoms with Crippen molar-refractivity contribution >= 4 is 34.3 Å². The Hall–Kier alpha value is -3.58. The standard InChI is InChI=1S/C26H25N3O3S/c1-17-8-12-20(13-9-17)27-24(30)18(2)33-26-28-23-7-5-4-6-22(23)25(31)29(26)16-19-10-14-21(32-3)15-11-19/h4-15,18H,16H2,1-3H3,(H,27,30). The lowest BCUT2D eigenvalue weighted by atomic mass is 10.2. The van der Waals surface area contributed by atoms with E-state index in [2.05, 4.69) is 5.32 Å². The molecule has 4 aromatic rings. The van der Waals surface area contributed by atoms with Crippen LogP contribution in [0.1, 0.15) is 18.1 Å². The quantitative estimate of drug-likeness (QED) is 0.315. The topological polar surface area (TPSA) is 73.2 Å². The van der Waals surface area contributed by atoms with Crippen LogP contribution in [-0.2, 0) is 11.3 Å². The minimum absolute atomic E-state index is 0.134. The van der Waals surface area contributed by atoms with E-state index in [9.17, 15) is 9.59 Å². The number of anilines is 1. The van der Waals surface area contributed by atoms with E-state index < -0.39 is 5.25 Å². The Bertz CT molecular complexity index is 1330. The molecule has 0 aliphatic rings. The van der Waals surface area contributed by atoms with E-state index in [0.717, 1.165) is 22.6 Å². The number of rotatable bonds is 7. The summed E-state index contributed by atoms with van der Waals surface area (Å²) in [7, 11) is 1.62. The van der Waals surface area contributed by atoms with Crippen molar-refractivity contribution in [3.63, 3.8) is 0 Å². The predicted octanol–water partition coefficient (Wildman–Crippen LogP) is 4.88. The first-order chi connectivity index (χ1) is 15.9. The second kappa shape index (κ2) is 9.92. The molecule has 1 aromatic heterocycles. The van der Waals surface area contributed by atoms with Crippen molar-refractivity contribution in [2.75, 3.05) is 12.4 Å². The Balaban J connectivity index is 1.64. The molecule has 0 aliphatic carbocycles. The third kappa shape index (κ3) is 5.26. The summed E-state index contributed by atoms with van der Waals surface area (Å²) in [5.74, 6) is 0.598. The van der Waals surface area contributed by atoms with Crippen LogP contribution in [0.3, 0.4) is 0 Å². The van der Waals surface area contributed by atoms with Gasteiger partial charge in [0.2, 0.25) is 5.91 Å². The van der Waals surface area contributed by atoms with Crippen LogP contribution >= 0.6 is 11.8 Å². The number of benzene rings is 3. The van der Waals surface area contributed by atoms with Gasteiger partial charge in [-0.2, -0.15) is 0 Å². The van der Waals surface area contributed by atoms with Gasteiger partial charge in [-0.05, 0) is 55.8 Å². The van der Waals surface area contributed by atoms with Crippen LogP contribution in [-0.4, -0.2) is 27.8 Å². The molecule has 1 atom stereocenters. The van der Waals surface area contributed by atoms with Gasteiger partial charge in [0.05, 0.1) is 29.8 Å². The highest BCUT2D eigenvalue weighted by Crippen LogP contribution is 2.25. The summed E-state index contributed by atoms with van der Waals surface area (Å²) < 4.78 is 6.86. The van der Waals surface area contributed by atoms with Crippen LogP contribution in [0, 0.1) is 6.92 Å². The van der Waals surface area contributed by atoms with Gasteiger partial charge in [0.1, 0.15) is 5.75 Å². The minimum atomic E-state index is -0.457. The Morgan fingerprint density at radius 1 is 1.06 bits per heavy atom. The van der Waals surface area contributed by atoms with Crippen molar-refractivity contribution in [1.82, 2.24) is 9.55 Å². The van der Waals surface area contributed by atoms with E-state index >= 15 is 0 Å². The largest absolute Gasteiger partial charge is 0.497 e. The molecule has 0 radical (unpaired) electrons. The molecule has 168 valence electrons. The zero-order valence-corrected chi connectivity index (χ0v) is 19.6. The zero-order valence-electron chi connectivity index (χ0n) is 18.7. The van der Waals surface area contributed by atoms with Crippen LogP contribution in [0.5, 0.6) is 5.75 Å². The van der Waals surface area contributed by atoms with Crippen molar-refractivity contribution in [3.05, 3.63) is 94.3 Å². The van der Waals surface area contributed by atoms with E-state index in [4.69, 9.17) is 9.72 Å². The monoisotopic (exact) mass is 459 g/mol. The number of methoxy groups -OCH3 is 1. The Labute approximate surface area is 196 Å². The molecule has 0 saturated heterocycles. The summed E-state index contributed by atoms with van der Waals surface area (Å²) in [6, 6.07) is 22.5. The first-order valence-corrected chi connectivity index (χ1v) is 11.5. The number of hydrogen-bond acceptors (Lipinski definition) is 5. The first kappa shape index (κ1) is 22.6. The molecule has 1 amide bonds. The second-order valence-corrected chi connectivity index (χ2v) is 9.07. The van der Waals surface area contributed by atoms with Gasteiger partial charge < -0.3 is 10.1 Å². The molecule has 3 aromatic carbocycles. The van der Waals surface area contributed by atoms with Gasteiger partial charge >= 0.3 is 0 Å². The Kier molecular flexibility index (Phi) is 6.79. The normalized spacial score (nSPS) is 11.8. The number of ether oxygens (including phenoxy) is 1. The van der Waals surface area contributed by atoms with Crippen LogP contribution in [0.25, 0.3) is 10.9 Å². The lowest BCUT2D eigenvalue weighted by molar-refractivity contribution is -0.115. The summed E-state index contributed by atoms with van der Waals surface area (Å²) in [6.07, 6.45) is 0. The number of hydrogen-bond donors (Lipinski definition) is 1. The molecule has 1 heterocycles. The fourth-order valence-corrected chi connectivity index (χ4v) is 4.29. The third-order valence-corrected chi connectivity index (χ3v) is 6.39. The van der Waals surface area contributed by atoms with E-state index in [-0.39, 0.29) is 11.5 Å². The van der Waals surface area contributed by atoms with Gasteiger partial charge in [-0.25, -0.2) is 4.98 Å². The third-order valence-electron chi connectivity index (χ3n) is 5.30. The number of amides is 1. The lowest BCUT2D eigenvalue weighted by Gasteiger charge is -2.17. The van der Waals surface area contributed by atoms with Crippen LogP contribution in [0.2, 0.25) is 0 Å². The van der Waals surface area contributed by atoms with Crippen molar-refractivity contribution < 1.29 is 9.53 Å². The maximum absolute atomic E-state index is 13.3. The number of thioether (sulfide) groups is 1. The summed E-state index contributed by atoms with van der Waals surface area (Å²) in [5, 5.41) is 3.53. The maximum atomic E-state index is 13.3. The number of nitrogens with one attached hydrogen (secondary N) is 1. The zero-order chi connectivity index (χ0) is 23.4. The maximum Gasteiger partial charge on any atom is 0.262 e. The molecular formula is C26H25N3O3S. The number of carbonyl (C=O) groups is 1. The van der Waals surface area contributed by atoms with E-state index in [0.29, 0.717) is 22.6 Å². The van der Waals surface area contributed by atoms with Gasteiger partial charge in [0.15, 0.2) is 5.16 Å². The highest BCUT2D eigenvalue weighted by molar-refractivity contribution is 8.00. The van der Waals surface area contributed by atoms with Crippen molar-refractivity contribution in [2.45, 2.75) is 30.8 Å². The molecule has 1 N–H and O–H groups in total. The molecule has 0 bridgehead atoms. The van der Waals surface area contributed by atoms with E-state index in [1.807, 2.05) is 80.6 Å². The fourth-order valence-electron chi connectivity index (χ4n) is 3.38. The number of carbonyl (C=O) groups excluding carboxylic acids is 1. The molecule has 1 unspecified atom stereocenters. The number of nitrogens with zero attached hydrogens (tertiary/aromatic N) is 2. The SMILES string of the molecule is COc1ccc(Cn2c(SC(C)C(=O)Nc3ccc(C)cc3)nc3ccccc3c2=O)cc1. The highest BCUT2D eigenvalue weighted by Gasteiger charge is 2.20. The first-order valence-electron chi connectivity index (χ1n) is 10.6. The van der Waals surface area contributed by atoms with Gasteiger partial charge in [-0.15, -0.1) is 0 Å². The Morgan fingerprint density at radius 3 is 2.45 bits per heavy atom. The molecule has 33 heavy (non-hydrogen) atoms. The minimum Gasteiger partial charge on any atom is -0.497 e. The molecule has 0 saturated carbocycles. The van der Waals surface area contributed by atoms with Crippen LogP contribution in [0.4, 0.5) is 5.69 Å². The van der Waals surface area contributed by atoms with Gasteiger partial charge in [0, 0.05) is 5.69 Å². The summed E-state index contributed by atoms with van der Waals surface area (Å²) in [5.41, 5.74) is 3.28. The van der Waals surface area contributed by atoms with E-state index in [1.54, 1.807) is 17.7 Å². The van der Waals surface area contributed by atoms with Gasteiger partial charge in [-0.3, -0.25) is 14.2 Å². The molecular weight excluding hydrogens is 434 g/mol. The average molecular weight is 460 g/mol. The van der Waals surface area contributed by atoms with Gasteiger partial charge in [-0.1, -0.05) is 53.7 Å². The summed E-state index contributed by atoms with van der Waals surface area (Å²) in [6.45, 7) is 4.15. The highest BCUT2D eigenvalue weighted by atomic mass is 32.2. The summed E-state index contributed by atoms with van der Waals surface area (Å²) >= 11 is 1.27. The van der Waals surface area contributed by atoms with Crippen molar-refractivity contribution in [2.24, 2.45) is 0 Å². The van der Waals surface area contributed by atoms with Crippen LogP contribution in [0.15, 0.2) is 82.7 Å². The van der Waals surface area contributed by atoms with Crippen LogP contribution < -0.4 is 15.6 Å². The lowest BCUT2D eigenvalue weighted by Crippen LogP contribution is -2.27. The van der Waals surface area contributed by atoms with E-state index in [1.165, 1.54) is 11.8 Å². The molecule has 6 nitrogen and oxygen atoms in total. The molecule has 4 rings (SSSR count). The molecule has 0 fully saturated rings. The number of para-hydroxylation sites is 1. The van der Waals surface area contributed by atoms with Crippen molar-refractivity contribution in [1.29, 1.82) is 0 Å². The number of fused-ring (bicyclic) bond motifs is 1. The molecule has 7 heteroatoms. The number of aromatic nitrogens is 2. The van der Waals surface area contributed by atoms with Crippen molar-refractivity contribution in [3.8, 4) is 5.75 Å². The number of aryl methyl sites for hydroxylation is 1. The van der Waals surface area contributed by atoms with Gasteiger partial charge in [0.25, 0.3) is 5.56 Å².